The van der Waals surface area contributed by atoms with Gasteiger partial charge in [0.1, 0.15) is 11.4 Å². The number of carbonyl (C=O) groups is 3. The SMILES string of the molecule is O=C1NC(=O)N(c2ccncc2)C(=O)/C1=C/c1cccn1-c1ccccc1F. The minimum Gasteiger partial charge on any atom is -0.314 e. The highest BCUT2D eigenvalue weighted by Crippen LogP contribution is 2.23. The number of carbonyl (C=O) groups excluding carboxylic acids is 3. The number of pyridine rings is 1. The van der Waals surface area contributed by atoms with Crippen LogP contribution in [0.4, 0.5) is 14.9 Å². The first-order valence-electron chi connectivity index (χ1n) is 8.30. The van der Waals surface area contributed by atoms with Crippen molar-refractivity contribution in [2.45, 2.75) is 0 Å². The molecule has 1 aliphatic heterocycles. The van der Waals surface area contributed by atoms with Crippen molar-refractivity contribution < 1.29 is 18.8 Å². The Kier molecular flexibility index (Phi) is 4.29. The third-order valence-corrected chi connectivity index (χ3v) is 4.21. The molecule has 1 saturated heterocycles. The van der Waals surface area contributed by atoms with Gasteiger partial charge in [0.25, 0.3) is 11.8 Å². The van der Waals surface area contributed by atoms with E-state index in [1.165, 1.54) is 41.2 Å². The Morgan fingerprint density at radius 1 is 0.964 bits per heavy atom. The summed E-state index contributed by atoms with van der Waals surface area (Å²) in [5.41, 5.74) is 0.714. The number of para-hydroxylation sites is 1. The Morgan fingerprint density at radius 2 is 1.71 bits per heavy atom. The largest absolute Gasteiger partial charge is 0.335 e. The number of hydrogen-bond acceptors (Lipinski definition) is 4. The number of amides is 4. The van der Waals surface area contributed by atoms with Gasteiger partial charge in [0.05, 0.1) is 11.4 Å². The molecule has 4 rings (SSSR count). The van der Waals surface area contributed by atoms with Crippen LogP contribution < -0.4 is 10.2 Å². The van der Waals surface area contributed by atoms with Crippen molar-refractivity contribution >= 4 is 29.6 Å². The first kappa shape index (κ1) is 17.3. The van der Waals surface area contributed by atoms with Crippen molar-refractivity contribution in [3.8, 4) is 5.69 Å². The van der Waals surface area contributed by atoms with Gasteiger partial charge in [-0.15, -0.1) is 0 Å². The van der Waals surface area contributed by atoms with Crippen LogP contribution in [0.1, 0.15) is 5.69 Å². The topological polar surface area (TPSA) is 84.3 Å². The number of benzene rings is 1. The summed E-state index contributed by atoms with van der Waals surface area (Å²) in [6, 6.07) is 11.5. The molecule has 1 fully saturated rings. The number of hydrogen-bond donors (Lipinski definition) is 1. The zero-order valence-corrected chi connectivity index (χ0v) is 14.4. The van der Waals surface area contributed by atoms with Crippen molar-refractivity contribution in [3.63, 3.8) is 0 Å². The number of rotatable bonds is 3. The molecular formula is C20H13FN4O3. The molecule has 0 aliphatic carbocycles. The van der Waals surface area contributed by atoms with E-state index in [0.29, 0.717) is 5.69 Å². The van der Waals surface area contributed by atoms with Gasteiger partial charge in [-0.2, -0.15) is 0 Å². The van der Waals surface area contributed by atoms with E-state index >= 15 is 0 Å². The lowest BCUT2D eigenvalue weighted by atomic mass is 10.1. The van der Waals surface area contributed by atoms with Crippen molar-refractivity contribution in [2.75, 3.05) is 4.90 Å². The van der Waals surface area contributed by atoms with Gasteiger partial charge >= 0.3 is 6.03 Å². The van der Waals surface area contributed by atoms with Crippen LogP contribution in [0.5, 0.6) is 0 Å². The Bertz CT molecular complexity index is 1120. The maximum atomic E-state index is 14.2. The van der Waals surface area contributed by atoms with E-state index in [9.17, 15) is 18.8 Å². The van der Waals surface area contributed by atoms with E-state index in [-0.39, 0.29) is 16.9 Å². The first-order chi connectivity index (χ1) is 13.6. The predicted molar refractivity (Wildman–Crippen MR) is 99.0 cm³/mol. The number of nitrogens with zero attached hydrogens (tertiary/aromatic N) is 3. The Balaban J connectivity index is 1.77. The van der Waals surface area contributed by atoms with Crippen LogP contribution in [0.25, 0.3) is 11.8 Å². The summed E-state index contributed by atoms with van der Waals surface area (Å²) in [5, 5.41) is 2.15. The van der Waals surface area contributed by atoms with Crippen molar-refractivity contribution in [2.24, 2.45) is 0 Å². The highest BCUT2D eigenvalue weighted by Gasteiger charge is 2.37. The lowest BCUT2D eigenvalue weighted by molar-refractivity contribution is -0.122. The molecule has 1 aromatic carbocycles. The third-order valence-electron chi connectivity index (χ3n) is 4.21. The fraction of sp³-hybridized carbons (Fsp3) is 0. The van der Waals surface area contributed by atoms with Gasteiger partial charge in [-0.05, 0) is 42.5 Å². The van der Waals surface area contributed by atoms with Crippen LogP contribution >= 0.6 is 0 Å². The van der Waals surface area contributed by atoms with Crippen LogP contribution in [0, 0.1) is 5.82 Å². The summed E-state index contributed by atoms with van der Waals surface area (Å²) in [6.07, 6.45) is 5.80. The zero-order valence-electron chi connectivity index (χ0n) is 14.4. The Hall–Kier alpha value is -4.07. The van der Waals surface area contributed by atoms with Crippen molar-refractivity contribution in [1.29, 1.82) is 0 Å². The minimum absolute atomic E-state index is 0.243. The second-order valence-corrected chi connectivity index (χ2v) is 5.92. The summed E-state index contributed by atoms with van der Waals surface area (Å²) < 4.78 is 15.7. The number of imide groups is 2. The van der Waals surface area contributed by atoms with E-state index in [0.717, 1.165) is 4.90 Å². The van der Waals surface area contributed by atoms with Crippen LogP contribution in [0.3, 0.4) is 0 Å². The molecule has 8 heteroatoms. The van der Waals surface area contributed by atoms with E-state index in [1.807, 2.05) is 0 Å². The molecule has 0 unspecified atom stereocenters. The number of barbiturate groups is 1. The van der Waals surface area contributed by atoms with Gasteiger partial charge in [-0.25, -0.2) is 14.1 Å². The van der Waals surface area contributed by atoms with Gasteiger partial charge in [-0.1, -0.05) is 12.1 Å². The van der Waals surface area contributed by atoms with Crippen LogP contribution in [-0.2, 0) is 9.59 Å². The minimum atomic E-state index is -0.845. The number of anilines is 1. The molecular weight excluding hydrogens is 363 g/mol. The normalized spacial score (nSPS) is 15.8. The molecule has 4 amide bonds. The molecule has 138 valence electrons. The second-order valence-electron chi connectivity index (χ2n) is 5.92. The third kappa shape index (κ3) is 2.96. The Morgan fingerprint density at radius 3 is 2.46 bits per heavy atom. The zero-order chi connectivity index (χ0) is 19.7. The van der Waals surface area contributed by atoms with E-state index < -0.39 is 23.7 Å². The van der Waals surface area contributed by atoms with Gasteiger partial charge in [0.2, 0.25) is 0 Å². The lowest BCUT2D eigenvalue weighted by Crippen LogP contribution is -2.54. The van der Waals surface area contributed by atoms with Crippen LogP contribution in [-0.4, -0.2) is 27.4 Å². The average Bonchev–Trinajstić information content (AvgIpc) is 3.14. The molecule has 1 N–H and O–H groups in total. The van der Waals surface area contributed by atoms with Gasteiger partial charge in [0.15, 0.2) is 0 Å². The molecule has 0 radical (unpaired) electrons. The lowest BCUT2D eigenvalue weighted by Gasteiger charge is -2.26. The van der Waals surface area contributed by atoms with E-state index in [1.54, 1.807) is 36.5 Å². The number of aromatic nitrogens is 2. The maximum Gasteiger partial charge on any atom is 0.335 e. The standard InChI is InChI=1S/C20H13FN4O3/c21-16-5-1-2-6-17(16)24-11-3-4-14(24)12-15-18(26)23-20(28)25(19(15)27)13-7-9-22-10-8-13/h1-12H,(H,23,26,28)/b15-12+. The molecule has 0 bridgehead atoms. The van der Waals surface area contributed by atoms with Crippen molar-refractivity contribution in [1.82, 2.24) is 14.9 Å². The van der Waals surface area contributed by atoms with Gasteiger partial charge < -0.3 is 4.57 Å². The Labute approximate surface area is 158 Å². The summed E-state index contributed by atoms with van der Waals surface area (Å²) in [4.78, 5) is 42.0. The molecule has 0 atom stereocenters. The molecule has 28 heavy (non-hydrogen) atoms. The molecule has 2 aromatic heterocycles. The molecule has 0 spiro atoms. The smallest absolute Gasteiger partial charge is 0.314 e. The molecule has 0 saturated carbocycles. The molecule has 3 heterocycles. The van der Waals surface area contributed by atoms with E-state index in [2.05, 4.69) is 10.3 Å². The first-order valence-corrected chi connectivity index (χ1v) is 8.30. The van der Waals surface area contributed by atoms with E-state index in [4.69, 9.17) is 0 Å². The molecule has 7 nitrogen and oxygen atoms in total. The monoisotopic (exact) mass is 376 g/mol. The quantitative estimate of drug-likeness (QED) is 0.563. The molecule has 3 aromatic rings. The highest BCUT2D eigenvalue weighted by molar-refractivity contribution is 6.39. The maximum absolute atomic E-state index is 14.2. The fourth-order valence-electron chi connectivity index (χ4n) is 2.91. The fourth-order valence-corrected chi connectivity index (χ4v) is 2.91. The summed E-state index contributed by atoms with van der Waals surface area (Å²) in [7, 11) is 0. The molecule has 1 aliphatic rings. The van der Waals surface area contributed by atoms with Gasteiger partial charge in [-0.3, -0.25) is 19.9 Å². The summed E-state index contributed by atoms with van der Waals surface area (Å²) >= 11 is 0. The number of nitrogens with one attached hydrogen (secondary N) is 1. The van der Waals surface area contributed by atoms with Crippen LogP contribution in [0.15, 0.2) is 72.7 Å². The average molecular weight is 376 g/mol. The second kappa shape index (κ2) is 6.92. The summed E-state index contributed by atoms with van der Waals surface area (Å²) in [6.45, 7) is 0. The highest BCUT2D eigenvalue weighted by atomic mass is 19.1. The van der Waals surface area contributed by atoms with Crippen molar-refractivity contribution in [3.05, 3.63) is 84.2 Å². The number of urea groups is 1. The summed E-state index contributed by atoms with van der Waals surface area (Å²) in [5.74, 6) is -2.05. The van der Waals surface area contributed by atoms with Crippen LogP contribution in [0.2, 0.25) is 0 Å². The van der Waals surface area contributed by atoms with Gasteiger partial charge in [0, 0.05) is 24.3 Å². The predicted octanol–water partition coefficient (Wildman–Crippen LogP) is 2.68. The number of halogens is 1.